The van der Waals surface area contributed by atoms with Crippen LogP contribution in [0.25, 0.3) is 5.76 Å². The monoisotopic (exact) mass is 310 g/mol. The minimum absolute atomic E-state index is 0.135. The van der Waals surface area contributed by atoms with Gasteiger partial charge in [-0.25, -0.2) is 8.42 Å². The van der Waals surface area contributed by atoms with Gasteiger partial charge in [0.1, 0.15) is 17.1 Å². The second-order valence-corrected chi connectivity index (χ2v) is 7.28. The highest BCUT2D eigenvalue weighted by Crippen LogP contribution is 2.40. The van der Waals surface area contributed by atoms with Gasteiger partial charge in [-0.2, -0.15) is 0 Å². The average molecular weight is 310 g/mol. The van der Waals surface area contributed by atoms with Crippen molar-refractivity contribution in [2.45, 2.75) is 18.4 Å². The van der Waals surface area contributed by atoms with Crippen molar-refractivity contribution >= 4 is 21.5 Å². The predicted molar refractivity (Wildman–Crippen MR) is 81.0 cm³/mol. The Labute approximate surface area is 123 Å². The summed E-state index contributed by atoms with van der Waals surface area (Å²) in [5.41, 5.74) is 0.447. The van der Waals surface area contributed by atoms with Crippen molar-refractivity contribution in [1.29, 1.82) is 0 Å². The molecule has 21 heavy (non-hydrogen) atoms. The third-order valence-corrected chi connectivity index (χ3v) is 4.33. The van der Waals surface area contributed by atoms with Gasteiger partial charge in [-0.3, -0.25) is 4.72 Å². The van der Waals surface area contributed by atoms with Crippen molar-refractivity contribution in [2.75, 3.05) is 24.1 Å². The van der Waals surface area contributed by atoms with Crippen molar-refractivity contribution in [2.24, 2.45) is 0 Å². The second kappa shape index (κ2) is 4.92. The summed E-state index contributed by atoms with van der Waals surface area (Å²) in [5, 5.41) is 13.5. The molecule has 3 N–H and O–H groups in total. The topological polar surface area (TPSA) is 87.7 Å². The molecule has 0 aliphatic carbocycles. The normalized spacial score (nSPS) is 20.3. The summed E-state index contributed by atoms with van der Waals surface area (Å²) in [6.45, 7) is 1.68. The fourth-order valence-corrected chi connectivity index (χ4v) is 3.32. The van der Waals surface area contributed by atoms with Gasteiger partial charge in [0.25, 0.3) is 0 Å². The van der Waals surface area contributed by atoms with Gasteiger partial charge in [0.2, 0.25) is 10.0 Å². The third-order valence-electron chi connectivity index (χ3n) is 3.72. The zero-order chi connectivity index (χ0) is 15.1. The largest absolute Gasteiger partial charge is 0.507 e. The molecule has 0 saturated carbocycles. The number of fused-ring (bicyclic) bond motifs is 1. The van der Waals surface area contributed by atoms with E-state index >= 15 is 0 Å². The molecule has 1 spiro atoms. The maximum atomic E-state index is 11.3. The fraction of sp³-hybridized carbons (Fsp3) is 0.429. The number of aliphatic hydroxyl groups is 1. The van der Waals surface area contributed by atoms with Gasteiger partial charge in [-0.1, -0.05) is 0 Å². The number of sulfonamides is 1. The molecule has 114 valence electrons. The Morgan fingerprint density at radius 3 is 2.71 bits per heavy atom. The number of aliphatic hydroxyl groups excluding tert-OH is 1. The van der Waals surface area contributed by atoms with E-state index in [1.165, 1.54) is 0 Å². The molecule has 0 radical (unpaired) electrons. The van der Waals surface area contributed by atoms with Crippen LogP contribution in [0.4, 0.5) is 5.69 Å². The number of rotatable bonds is 2. The molecule has 2 heterocycles. The molecular weight excluding hydrogens is 292 g/mol. The molecule has 3 rings (SSSR count). The van der Waals surface area contributed by atoms with Crippen molar-refractivity contribution in [3.05, 3.63) is 29.8 Å². The van der Waals surface area contributed by atoms with Crippen LogP contribution in [0.3, 0.4) is 0 Å². The molecular formula is C14H18N2O4S. The van der Waals surface area contributed by atoms with Gasteiger partial charge in [0, 0.05) is 24.6 Å². The van der Waals surface area contributed by atoms with Gasteiger partial charge >= 0.3 is 0 Å². The molecule has 7 heteroatoms. The molecule has 0 bridgehead atoms. The van der Waals surface area contributed by atoms with Gasteiger partial charge in [-0.05, 0) is 31.3 Å². The molecule has 1 saturated heterocycles. The van der Waals surface area contributed by atoms with E-state index in [9.17, 15) is 13.5 Å². The maximum absolute atomic E-state index is 11.3. The lowest BCUT2D eigenvalue weighted by molar-refractivity contribution is 0.0788. The molecule has 2 aliphatic heterocycles. The Kier molecular flexibility index (Phi) is 3.33. The highest BCUT2D eigenvalue weighted by molar-refractivity contribution is 7.92. The predicted octanol–water partition coefficient (Wildman–Crippen LogP) is 1.47. The maximum Gasteiger partial charge on any atom is 0.229 e. The summed E-state index contributed by atoms with van der Waals surface area (Å²) in [4.78, 5) is 0. The smallest absolute Gasteiger partial charge is 0.229 e. The Morgan fingerprint density at radius 2 is 2.05 bits per heavy atom. The van der Waals surface area contributed by atoms with Crippen LogP contribution in [0.1, 0.15) is 18.4 Å². The number of benzene rings is 1. The number of ether oxygens (including phenoxy) is 1. The number of hydrogen-bond donors (Lipinski definition) is 3. The fourth-order valence-electron chi connectivity index (χ4n) is 2.77. The minimum atomic E-state index is -3.35. The molecule has 1 fully saturated rings. The standard InChI is InChI=1S/C14H18N2O4S/c1-21(18,19)16-10-2-3-13-11(8-10)12(17)9-14(20-13)4-6-15-7-5-14/h2-3,8-9,15-17H,4-7H2,1H3. The zero-order valence-corrected chi connectivity index (χ0v) is 12.5. The van der Waals surface area contributed by atoms with Crippen molar-refractivity contribution in [1.82, 2.24) is 5.32 Å². The molecule has 0 aromatic heterocycles. The Morgan fingerprint density at radius 1 is 1.33 bits per heavy atom. The van der Waals surface area contributed by atoms with Crippen LogP contribution in [0.15, 0.2) is 24.3 Å². The lowest BCUT2D eigenvalue weighted by Gasteiger charge is -2.38. The molecule has 6 nitrogen and oxygen atoms in total. The highest BCUT2D eigenvalue weighted by atomic mass is 32.2. The van der Waals surface area contributed by atoms with Crippen molar-refractivity contribution < 1.29 is 18.3 Å². The first-order valence-corrected chi connectivity index (χ1v) is 8.70. The van der Waals surface area contributed by atoms with Crippen LogP contribution in [-0.4, -0.2) is 38.5 Å². The number of anilines is 1. The van der Waals surface area contributed by atoms with E-state index in [2.05, 4.69) is 10.0 Å². The van der Waals surface area contributed by atoms with Crippen LogP contribution < -0.4 is 14.8 Å². The lowest BCUT2D eigenvalue weighted by atomic mass is 9.88. The Bertz CT molecular complexity index is 691. The van der Waals surface area contributed by atoms with E-state index in [1.807, 2.05) is 0 Å². The van der Waals surface area contributed by atoms with Crippen molar-refractivity contribution in [3.63, 3.8) is 0 Å². The van der Waals surface area contributed by atoms with E-state index in [4.69, 9.17) is 4.74 Å². The molecule has 0 unspecified atom stereocenters. The number of piperidine rings is 1. The Hall–Kier alpha value is -1.73. The molecule has 2 aliphatic rings. The van der Waals surface area contributed by atoms with Gasteiger partial charge < -0.3 is 15.2 Å². The van der Waals surface area contributed by atoms with Crippen LogP contribution in [0.2, 0.25) is 0 Å². The summed E-state index contributed by atoms with van der Waals surface area (Å²) in [7, 11) is -3.35. The number of nitrogens with one attached hydrogen (secondary N) is 2. The van der Waals surface area contributed by atoms with Crippen LogP contribution >= 0.6 is 0 Å². The van der Waals surface area contributed by atoms with E-state index in [1.54, 1.807) is 24.3 Å². The molecule has 1 aromatic rings. The summed E-state index contributed by atoms with van der Waals surface area (Å²) < 4.78 is 31.0. The van der Waals surface area contributed by atoms with Gasteiger partial charge in [0.15, 0.2) is 0 Å². The zero-order valence-electron chi connectivity index (χ0n) is 11.7. The first-order chi connectivity index (χ1) is 9.87. The van der Waals surface area contributed by atoms with E-state index < -0.39 is 15.6 Å². The summed E-state index contributed by atoms with van der Waals surface area (Å²) >= 11 is 0. The van der Waals surface area contributed by atoms with Crippen molar-refractivity contribution in [3.8, 4) is 5.75 Å². The highest BCUT2D eigenvalue weighted by Gasteiger charge is 2.37. The van der Waals surface area contributed by atoms with E-state index in [0.717, 1.165) is 32.2 Å². The first kappa shape index (κ1) is 14.2. The van der Waals surface area contributed by atoms with Crippen LogP contribution in [-0.2, 0) is 10.0 Å². The summed E-state index contributed by atoms with van der Waals surface area (Å²) in [5.74, 6) is 0.714. The molecule has 0 atom stereocenters. The molecule has 1 aromatic carbocycles. The summed E-state index contributed by atoms with van der Waals surface area (Å²) in [6, 6.07) is 4.90. The molecule has 0 amide bonds. The van der Waals surface area contributed by atoms with E-state index in [-0.39, 0.29) is 5.76 Å². The lowest BCUT2D eigenvalue weighted by Crippen LogP contribution is -2.46. The average Bonchev–Trinajstić information content (AvgIpc) is 2.39. The number of hydrogen-bond acceptors (Lipinski definition) is 5. The second-order valence-electron chi connectivity index (χ2n) is 5.53. The van der Waals surface area contributed by atoms with Crippen LogP contribution in [0.5, 0.6) is 5.75 Å². The van der Waals surface area contributed by atoms with Gasteiger partial charge in [0.05, 0.1) is 11.8 Å². The summed E-state index contributed by atoms with van der Waals surface area (Å²) in [6.07, 6.45) is 4.41. The SMILES string of the molecule is CS(=O)(=O)Nc1ccc2c(c1)C(O)=CC1(CCNCC1)O2. The van der Waals surface area contributed by atoms with Gasteiger partial charge in [-0.15, -0.1) is 0 Å². The minimum Gasteiger partial charge on any atom is -0.507 e. The quantitative estimate of drug-likeness (QED) is 0.770. The van der Waals surface area contributed by atoms with E-state index in [0.29, 0.717) is 17.0 Å². The Balaban J connectivity index is 1.94. The van der Waals surface area contributed by atoms with Crippen LogP contribution in [0, 0.1) is 0 Å². The first-order valence-electron chi connectivity index (χ1n) is 6.81. The third kappa shape index (κ3) is 2.98.